The van der Waals surface area contributed by atoms with Crippen LogP contribution in [0.25, 0.3) is 44.3 Å². The van der Waals surface area contributed by atoms with Crippen LogP contribution in [0.4, 0.5) is 0 Å². The molecule has 0 aliphatic carbocycles. The minimum absolute atomic E-state index is 0.00569. The molecule has 0 N–H and O–H groups in total. The van der Waals surface area contributed by atoms with Crippen LogP contribution >= 0.6 is 0 Å². The van der Waals surface area contributed by atoms with Crippen molar-refractivity contribution in [3.8, 4) is 23.0 Å². The highest BCUT2D eigenvalue weighted by Gasteiger charge is 2.29. The van der Waals surface area contributed by atoms with Gasteiger partial charge in [0.05, 0.1) is 11.0 Å². The number of hydrogen-bond donors (Lipinski definition) is 0. The second-order valence-electron chi connectivity index (χ2n) is 18.2. The molecule has 7 aromatic rings. The first-order valence-corrected chi connectivity index (χ1v) is 18.2. The maximum absolute atomic E-state index is 7.02. The monoisotopic (exact) mass is 677 g/mol. The molecule has 0 saturated carbocycles. The average molecular weight is 678 g/mol. The molecule has 5 nitrogen and oxygen atoms in total. The molecule has 3 heterocycles. The van der Waals surface area contributed by atoms with Crippen molar-refractivity contribution in [1.29, 1.82) is 0 Å². The zero-order chi connectivity index (χ0) is 36.7. The minimum Gasteiger partial charge on any atom is -0.457 e. The van der Waals surface area contributed by atoms with Crippen molar-refractivity contribution < 1.29 is 9.30 Å². The van der Waals surface area contributed by atoms with Crippen LogP contribution in [0.2, 0.25) is 0 Å². The SMILES string of the molecule is CC(C)(C)c1cc(Oc2cc(C(C)(C)C)c3c4ccccc4n(-c4cc(C(C)(C)C)ccn4)c3c2)cc(-n2c[n+](C(C)(C)C)c3ccccc32)c1. The van der Waals surface area contributed by atoms with Crippen molar-refractivity contribution in [2.75, 3.05) is 0 Å². The molecule has 3 aromatic heterocycles. The van der Waals surface area contributed by atoms with Crippen LogP contribution in [0.15, 0.2) is 104 Å². The first-order valence-electron chi connectivity index (χ1n) is 18.2. The molecule has 0 radical (unpaired) electrons. The van der Waals surface area contributed by atoms with Gasteiger partial charge in [-0.3, -0.25) is 4.57 Å². The summed E-state index contributed by atoms with van der Waals surface area (Å²) in [7, 11) is 0. The largest absolute Gasteiger partial charge is 0.457 e. The summed E-state index contributed by atoms with van der Waals surface area (Å²) in [5.74, 6) is 2.53. The quantitative estimate of drug-likeness (QED) is 0.174. The Kier molecular flexibility index (Phi) is 8.01. The Morgan fingerprint density at radius 1 is 0.588 bits per heavy atom. The number of ether oxygens (including phenoxy) is 1. The van der Waals surface area contributed by atoms with E-state index in [-0.39, 0.29) is 21.8 Å². The van der Waals surface area contributed by atoms with Crippen LogP contribution in [0.3, 0.4) is 0 Å². The lowest BCUT2D eigenvalue weighted by Crippen LogP contribution is -2.49. The van der Waals surface area contributed by atoms with Gasteiger partial charge in [0.2, 0.25) is 6.33 Å². The van der Waals surface area contributed by atoms with Crippen LogP contribution < -0.4 is 9.30 Å². The lowest BCUT2D eigenvalue weighted by atomic mass is 9.84. The highest BCUT2D eigenvalue weighted by Crippen LogP contribution is 2.43. The molecule has 0 unspecified atom stereocenters. The number of imidazole rings is 1. The Balaban J connectivity index is 1.46. The van der Waals surface area contributed by atoms with E-state index in [0.717, 1.165) is 39.6 Å². The molecule has 0 aliphatic heterocycles. The lowest BCUT2D eigenvalue weighted by Gasteiger charge is -2.23. The Morgan fingerprint density at radius 2 is 1.24 bits per heavy atom. The molecule has 262 valence electrons. The van der Waals surface area contributed by atoms with E-state index in [1.165, 1.54) is 33.0 Å². The Morgan fingerprint density at radius 3 is 1.90 bits per heavy atom. The normalized spacial score (nSPS) is 13.1. The third-order valence-electron chi connectivity index (χ3n) is 10.0. The Labute approximate surface area is 303 Å². The van der Waals surface area contributed by atoms with E-state index in [1.807, 2.05) is 6.20 Å². The van der Waals surface area contributed by atoms with Crippen LogP contribution in [0, 0.1) is 0 Å². The summed E-state index contributed by atoms with van der Waals surface area (Å²) in [6, 6.07) is 32.9. The Bertz CT molecular complexity index is 2430. The van der Waals surface area contributed by atoms with Gasteiger partial charge in [-0.2, -0.15) is 4.57 Å². The van der Waals surface area contributed by atoms with E-state index in [2.05, 4.69) is 194 Å². The molecule has 0 aliphatic rings. The molecule has 5 heteroatoms. The van der Waals surface area contributed by atoms with Gasteiger partial charge < -0.3 is 4.74 Å². The topological polar surface area (TPSA) is 35.9 Å². The van der Waals surface area contributed by atoms with Crippen molar-refractivity contribution in [3.05, 3.63) is 120 Å². The molecule has 0 spiro atoms. The number of hydrogen-bond acceptors (Lipinski definition) is 2. The molecular formula is C46H53N4O+. The predicted octanol–water partition coefficient (Wildman–Crippen LogP) is 11.8. The lowest BCUT2D eigenvalue weighted by molar-refractivity contribution is -0.731. The van der Waals surface area contributed by atoms with Gasteiger partial charge in [-0.15, -0.1) is 0 Å². The first kappa shape index (κ1) is 34.5. The van der Waals surface area contributed by atoms with Gasteiger partial charge in [0.25, 0.3) is 0 Å². The highest BCUT2D eigenvalue weighted by atomic mass is 16.5. The second kappa shape index (κ2) is 11.8. The number of nitrogens with zero attached hydrogens (tertiary/aromatic N) is 4. The molecule has 0 atom stereocenters. The summed E-state index contributed by atoms with van der Waals surface area (Å²) < 4.78 is 14.0. The van der Waals surface area contributed by atoms with Gasteiger partial charge in [-0.05, 0) is 102 Å². The summed E-state index contributed by atoms with van der Waals surface area (Å²) in [6.07, 6.45) is 4.17. The van der Waals surface area contributed by atoms with Gasteiger partial charge in [0.1, 0.15) is 28.5 Å². The Hall–Kier alpha value is -4.90. The van der Waals surface area contributed by atoms with Gasteiger partial charge in [0, 0.05) is 29.1 Å². The van der Waals surface area contributed by atoms with E-state index in [4.69, 9.17) is 9.72 Å². The summed E-state index contributed by atoms with van der Waals surface area (Å²) in [5, 5.41) is 2.46. The molecule has 0 amide bonds. The zero-order valence-electron chi connectivity index (χ0n) is 32.5. The fourth-order valence-corrected chi connectivity index (χ4v) is 7.18. The van der Waals surface area contributed by atoms with Crippen molar-refractivity contribution >= 4 is 32.8 Å². The number of fused-ring (bicyclic) bond motifs is 4. The van der Waals surface area contributed by atoms with Crippen molar-refractivity contribution in [1.82, 2.24) is 14.1 Å². The number of para-hydroxylation sites is 3. The second-order valence-corrected chi connectivity index (χ2v) is 18.2. The van der Waals surface area contributed by atoms with Gasteiger partial charge in [-0.25, -0.2) is 9.55 Å². The number of rotatable bonds is 4. The first-order chi connectivity index (χ1) is 23.8. The number of benzene rings is 4. The van der Waals surface area contributed by atoms with Gasteiger partial charge in [-0.1, -0.05) is 92.6 Å². The summed E-state index contributed by atoms with van der Waals surface area (Å²) in [6.45, 7) is 27.2. The van der Waals surface area contributed by atoms with Crippen molar-refractivity contribution in [3.63, 3.8) is 0 Å². The zero-order valence-corrected chi connectivity index (χ0v) is 32.5. The van der Waals surface area contributed by atoms with Gasteiger partial charge >= 0.3 is 0 Å². The summed E-state index contributed by atoms with van der Waals surface area (Å²) in [4.78, 5) is 4.95. The maximum Gasteiger partial charge on any atom is 0.250 e. The molecule has 0 fully saturated rings. The smallest absolute Gasteiger partial charge is 0.250 e. The van der Waals surface area contributed by atoms with Crippen LogP contribution in [0.1, 0.15) is 99.8 Å². The number of aromatic nitrogens is 4. The molecule has 51 heavy (non-hydrogen) atoms. The van der Waals surface area contributed by atoms with E-state index < -0.39 is 0 Å². The molecule has 7 rings (SSSR count). The van der Waals surface area contributed by atoms with E-state index in [1.54, 1.807) is 0 Å². The van der Waals surface area contributed by atoms with Crippen LogP contribution in [-0.4, -0.2) is 14.1 Å². The molecule has 0 saturated heterocycles. The third-order valence-corrected chi connectivity index (χ3v) is 10.0. The van der Waals surface area contributed by atoms with Crippen molar-refractivity contribution in [2.45, 2.75) is 105 Å². The average Bonchev–Trinajstić information content (AvgIpc) is 3.60. The van der Waals surface area contributed by atoms with Crippen LogP contribution in [0.5, 0.6) is 11.5 Å². The van der Waals surface area contributed by atoms with Crippen molar-refractivity contribution in [2.24, 2.45) is 0 Å². The minimum atomic E-state index is -0.143. The summed E-state index contributed by atoms with van der Waals surface area (Å²) >= 11 is 0. The standard InChI is InChI=1S/C46H53N4O/c1-43(2,3)30-21-22-47-41(25-30)50-37-18-14-13-17-35(37)42-36(45(7,8)9)27-34(28-40(42)50)51-33-24-31(44(4,5)6)23-32(26-33)48-29-49(46(10,11)12)39-20-16-15-19-38(39)48/h13-29H,1-12H3/q+1. The van der Waals surface area contributed by atoms with E-state index >= 15 is 0 Å². The highest BCUT2D eigenvalue weighted by molar-refractivity contribution is 6.11. The third kappa shape index (κ3) is 6.32. The molecular weight excluding hydrogens is 625 g/mol. The van der Waals surface area contributed by atoms with E-state index in [0.29, 0.717) is 0 Å². The predicted molar refractivity (Wildman–Crippen MR) is 213 cm³/mol. The van der Waals surface area contributed by atoms with Gasteiger partial charge in [0.15, 0.2) is 11.0 Å². The fraction of sp³-hybridized carbons (Fsp3) is 0.348. The van der Waals surface area contributed by atoms with Crippen LogP contribution in [-0.2, 0) is 21.8 Å². The molecule has 4 aromatic carbocycles. The maximum atomic E-state index is 7.02. The fourth-order valence-electron chi connectivity index (χ4n) is 7.18. The number of pyridine rings is 1. The molecule has 0 bridgehead atoms. The summed E-state index contributed by atoms with van der Waals surface area (Å²) in [5.41, 5.74) is 9.05. The van der Waals surface area contributed by atoms with E-state index in [9.17, 15) is 0 Å².